The minimum Gasteiger partial charge on any atom is -0.457 e. The highest BCUT2D eigenvalue weighted by molar-refractivity contribution is 8.18. The average molecular weight is 480 g/mol. The van der Waals surface area contributed by atoms with E-state index in [-0.39, 0.29) is 17.7 Å². The van der Waals surface area contributed by atoms with Gasteiger partial charge in [0, 0.05) is 11.6 Å². The first-order chi connectivity index (χ1) is 15.5. The van der Waals surface area contributed by atoms with Crippen LogP contribution in [-0.4, -0.2) is 16.0 Å². The fourth-order valence-corrected chi connectivity index (χ4v) is 4.77. The SMILES string of the molecule is O=C1S/C(=C\c2ccc(-c3cccc(Cl)c3Cl)o2)C(=O)N1Cc1ccc2ccccc2c1. The third-order valence-corrected chi connectivity index (χ3v) is 6.87. The predicted molar refractivity (Wildman–Crippen MR) is 130 cm³/mol. The van der Waals surface area contributed by atoms with Gasteiger partial charge in [-0.15, -0.1) is 0 Å². The van der Waals surface area contributed by atoms with Crippen molar-refractivity contribution >= 4 is 63.0 Å². The standard InChI is InChI=1S/C25H15Cl2NO3S/c26-20-7-3-6-19(23(20)27)21-11-10-18(31-21)13-22-24(29)28(25(30)32-22)14-15-8-9-16-4-1-2-5-17(16)12-15/h1-13H,14H2/b22-13-. The van der Waals surface area contributed by atoms with Crippen LogP contribution in [0.15, 0.2) is 82.1 Å². The molecule has 4 nitrogen and oxygen atoms in total. The van der Waals surface area contributed by atoms with Gasteiger partial charge in [-0.2, -0.15) is 0 Å². The maximum Gasteiger partial charge on any atom is 0.293 e. The van der Waals surface area contributed by atoms with Gasteiger partial charge in [0.1, 0.15) is 11.5 Å². The number of furan rings is 1. The zero-order valence-electron chi connectivity index (χ0n) is 16.5. The van der Waals surface area contributed by atoms with E-state index in [0.29, 0.717) is 32.0 Å². The molecule has 0 N–H and O–H groups in total. The van der Waals surface area contributed by atoms with Crippen molar-refractivity contribution in [2.45, 2.75) is 6.54 Å². The molecule has 7 heteroatoms. The number of carbonyl (C=O) groups excluding carboxylic acids is 2. The van der Waals surface area contributed by atoms with Crippen LogP contribution in [-0.2, 0) is 11.3 Å². The van der Waals surface area contributed by atoms with Gasteiger partial charge in [0.05, 0.1) is 21.5 Å². The van der Waals surface area contributed by atoms with Crippen molar-refractivity contribution in [3.05, 3.63) is 99.1 Å². The van der Waals surface area contributed by atoms with Crippen molar-refractivity contribution in [1.29, 1.82) is 0 Å². The molecule has 158 valence electrons. The van der Waals surface area contributed by atoms with E-state index in [1.54, 1.807) is 36.4 Å². The summed E-state index contributed by atoms with van der Waals surface area (Å²) in [5.41, 5.74) is 1.55. The normalized spacial score (nSPS) is 15.3. The molecule has 0 bridgehead atoms. The predicted octanol–water partition coefficient (Wildman–Crippen LogP) is 7.64. The molecule has 1 saturated heterocycles. The molecule has 0 atom stereocenters. The zero-order valence-corrected chi connectivity index (χ0v) is 18.9. The Balaban J connectivity index is 1.37. The van der Waals surface area contributed by atoms with E-state index in [1.807, 2.05) is 42.5 Å². The largest absolute Gasteiger partial charge is 0.457 e. The Bertz CT molecular complexity index is 1410. The first-order valence-corrected chi connectivity index (χ1v) is 11.3. The van der Waals surface area contributed by atoms with Gasteiger partial charge in [-0.3, -0.25) is 14.5 Å². The molecule has 1 aliphatic rings. The van der Waals surface area contributed by atoms with Gasteiger partial charge in [0.25, 0.3) is 11.1 Å². The highest BCUT2D eigenvalue weighted by Crippen LogP contribution is 2.37. The third kappa shape index (κ3) is 3.95. The lowest BCUT2D eigenvalue weighted by Gasteiger charge is -2.13. The van der Waals surface area contributed by atoms with Crippen LogP contribution in [0.25, 0.3) is 28.2 Å². The maximum atomic E-state index is 12.9. The second-order valence-corrected chi connectivity index (χ2v) is 9.03. The third-order valence-electron chi connectivity index (χ3n) is 5.15. The van der Waals surface area contributed by atoms with Crippen LogP contribution in [0.5, 0.6) is 0 Å². The van der Waals surface area contributed by atoms with Crippen molar-refractivity contribution in [2.24, 2.45) is 0 Å². The van der Waals surface area contributed by atoms with E-state index in [2.05, 4.69) is 0 Å². The topological polar surface area (TPSA) is 50.5 Å². The fourth-order valence-electron chi connectivity index (χ4n) is 3.55. The molecule has 0 radical (unpaired) electrons. The maximum absolute atomic E-state index is 12.9. The molecule has 5 rings (SSSR count). The summed E-state index contributed by atoms with van der Waals surface area (Å²) < 4.78 is 5.84. The van der Waals surface area contributed by atoms with E-state index in [9.17, 15) is 9.59 Å². The molecule has 2 heterocycles. The molecule has 4 aromatic rings. The lowest BCUT2D eigenvalue weighted by Crippen LogP contribution is -2.27. The van der Waals surface area contributed by atoms with Gasteiger partial charge in [0.2, 0.25) is 0 Å². The Morgan fingerprint density at radius 1 is 0.906 bits per heavy atom. The Kier molecular flexibility index (Phi) is 5.55. The molecule has 0 unspecified atom stereocenters. The first kappa shape index (κ1) is 20.9. The number of fused-ring (bicyclic) bond motifs is 1. The second kappa shape index (κ2) is 8.51. The molecule has 32 heavy (non-hydrogen) atoms. The minimum absolute atomic E-state index is 0.217. The van der Waals surface area contributed by atoms with Crippen molar-refractivity contribution < 1.29 is 14.0 Å². The van der Waals surface area contributed by atoms with E-state index in [1.165, 1.54) is 4.90 Å². The number of carbonyl (C=O) groups is 2. The van der Waals surface area contributed by atoms with Crippen LogP contribution >= 0.6 is 35.0 Å². The summed E-state index contributed by atoms with van der Waals surface area (Å²) in [4.78, 5) is 27.0. The van der Waals surface area contributed by atoms with Crippen molar-refractivity contribution in [3.63, 3.8) is 0 Å². The first-order valence-electron chi connectivity index (χ1n) is 9.77. The minimum atomic E-state index is -0.341. The van der Waals surface area contributed by atoms with Crippen LogP contribution in [0, 0.1) is 0 Å². The number of rotatable bonds is 4. The van der Waals surface area contributed by atoms with Gasteiger partial charge >= 0.3 is 0 Å². The summed E-state index contributed by atoms with van der Waals surface area (Å²) in [6.45, 7) is 0.217. The van der Waals surface area contributed by atoms with E-state index in [4.69, 9.17) is 27.6 Å². The molecular formula is C25H15Cl2NO3S. The van der Waals surface area contributed by atoms with Crippen LogP contribution in [0.2, 0.25) is 10.0 Å². The highest BCUT2D eigenvalue weighted by Gasteiger charge is 2.35. The number of thioether (sulfide) groups is 1. The Morgan fingerprint density at radius 3 is 2.56 bits per heavy atom. The number of nitrogens with zero attached hydrogens (tertiary/aromatic N) is 1. The van der Waals surface area contributed by atoms with Gasteiger partial charge in [-0.25, -0.2) is 0 Å². The van der Waals surface area contributed by atoms with E-state index >= 15 is 0 Å². The van der Waals surface area contributed by atoms with Gasteiger partial charge in [-0.1, -0.05) is 65.7 Å². The number of amides is 2. The smallest absolute Gasteiger partial charge is 0.293 e. The summed E-state index contributed by atoms with van der Waals surface area (Å²) in [5.74, 6) is 0.637. The lowest BCUT2D eigenvalue weighted by atomic mass is 10.1. The number of imide groups is 1. The van der Waals surface area contributed by atoms with Gasteiger partial charge in [0.15, 0.2) is 0 Å². The molecule has 3 aromatic carbocycles. The molecule has 0 aliphatic carbocycles. The number of hydrogen-bond acceptors (Lipinski definition) is 4. The summed E-state index contributed by atoms with van der Waals surface area (Å²) in [6, 6.07) is 22.6. The van der Waals surface area contributed by atoms with Gasteiger partial charge < -0.3 is 4.42 Å². The molecule has 0 saturated carbocycles. The Morgan fingerprint density at radius 2 is 1.72 bits per heavy atom. The summed E-state index contributed by atoms with van der Waals surface area (Å²) in [7, 11) is 0. The van der Waals surface area contributed by atoms with Crippen LogP contribution in [0.4, 0.5) is 4.79 Å². The molecule has 0 spiro atoms. The summed E-state index contributed by atoms with van der Waals surface area (Å²) in [5, 5.41) is 2.69. The molecule has 1 aliphatic heterocycles. The summed E-state index contributed by atoms with van der Waals surface area (Å²) >= 11 is 13.2. The Labute approximate surface area is 198 Å². The number of halogens is 2. The van der Waals surface area contributed by atoms with E-state index in [0.717, 1.165) is 28.1 Å². The number of benzene rings is 3. The number of hydrogen-bond donors (Lipinski definition) is 0. The van der Waals surface area contributed by atoms with Gasteiger partial charge in [-0.05, 0) is 58.4 Å². The van der Waals surface area contributed by atoms with Crippen molar-refractivity contribution in [1.82, 2.24) is 4.90 Å². The van der Waals surface area contributed by atoms with Crippen LogP contribution < -0.4 is 0 Å². The quantitative estimate of drug-likeness (QED) is 0.282. The fraction of sp³-hybridized carbons (Fsp3) is 0.0400. The van der Waals surface area contributed by atoms with E-state index < -0.39 is 0 Å². The second-order valence-electron chi connectivity index (χ2n) is 7.25. The van der Waals surface area contributed by atoms with Crippen molar-refractivity contribution in [2.75, 3.05) is 0 Å². The molecule has 2 amide bonds. The van der Waals surface area contributed by atoms with Crippen LogP contribution in [0.3, 0.4) is 0 Å². The zero-order chi connectivity index (χ0) is 22.2. The highest BCUT2D eigenvalue weighted by atomic mass is 35.5. The Hall–Kier alpha value is -2.99. The van der Waals surface area contributed by atoms with Crippen molar-refractivity contribution in [3.8, 4) is 11.3 Å². The molecule has 1 aromatic heterocycles. The molecular weight excluding hydrogens is 465 g/mol. The lowest BCUT2D eigenvalue weighted by molar-refractivity contribution is -0.123. The molecule has 1 fully saturated rings. The average Bonchev–Trinajstić information content (AvgIpc) is 3.36. The van der Waals surface area contributed by atoms with Crippen LogP contribution in [0.1, 0.15) is 11.3 Å². The summed E-state index contributed by atoms with van der Waals surface area (Å²) in [6.07, 6.45) is 1.58. The monoisotopic (exact) mass is 479 g/mol.